The highest BCUT2D eigenvalue weighted by Gasteiger charge is 2.14. The van der Waals surface area contributed by atoms with Gasteiger partial charge in [-0.25, -0.2) is 9.78 Å². The van der Waals surface area contributed by atoms with E-state index in [9.17, 15) is 9.90 Å². The summed E-state index contributed by atoms with van der Waals surface area (Å²) in [5, 5.41) is 9.17. The summed E-state index contributed by atoms with van der Waals surface area (Å²) in [5.74, 6) is -0.759. The van der Waals surface area contributed by atoms with Gasteiger partial charge in [0.05, 0.1) is 6.20 Å². The van der Waals surface area contributed by atoms with Gasteiger partial charge in [0.1, 0.15) is 12.2 Å². The van der Waals surface area contributed by atoms with Crippen LogP contribution < -0.4 is 9.47 Å². The van der Waals surface area contributed by atoms with Crippen LogP contribution in [0, 0.1) is 0 Å². The molecule has 21 heavy (non-hydrogen) atoms. The number of methoxy groups -OCH3 is 1. The van der Waals surface area contributed by atoms with Crippen molar-refractivity contribution in [2.24, 2.45) is 0 Å². The first-order valence-corrected chi connectivity index (χ1v) is 6.22. The predicted molar refractivity (Wildman–Crippen MR) is 74.5 cm³/mol. The lowest BCUT2D eigenvalue weighted by Gasteiger charge is -2.10. The normalized spacial score (nSPS) is 10.1. The van der Waals surface area contributed by atoms with Crippen molar-refractivity contribution in [1.82, 2.24) is 4.98 Å². The number of aromatic nitrogens is 1. The average molecular weight is 289 g/mol. The fourth-order valence-electron chi connectivity index (χ4n) is 1.64. The van der Waals surface area contributed by atoms with E-state index in [1.54, 1.807) is 0 Å². The van der Waals surface area contributed by atoms with Crippen molar-refractivity contribution in [3.05, 3.63) is 53.7 Å². The van der Waals surface area contributed by atoms with Crippen molar-refractivity contribution < 1.29 is 24.1 Å². The van der Waals surface area contributed by atoms with Crippen molar-refractivity contribution in [3.8, 4) is 11.6 Å². The number of hydrogen-bond donors (Lipinski definition) is 1. The Bertz CT molecular complexity index is 600. The number of carboxylic acid groups (broad SMARTS) is 1. The number of pyridine rings is 1. The van der Waals surface area contributed by atoms with Gasteiger partial charge in [-0.15, -0.1) is 0 Å². The van der Waals surface area contributed by atoms with Gasteiger partial charge in [-0.3, -0.25) is 0 Å². The van der Waals surface area contributed by atoms with Gasteiger partial charge in [-0.1, -0.05) is 30.3 Å². The van der Waals surface area contributed by atoms with Crippen molar-refractivity contribution >= 4 is 5.97 Å². The summed E-state index contributed by atoms with van der Waals surface area (Å²) in [4.78, 5) is 15.2. The van der Waals surface area contributed by atoms with Crippen LogP contribution in [0.4, 0.5) is 0 Å². The van der Waals surface area contributed by atoms with E-state index in [1.165, 1.54) is 19.4 Å². The van der Waals surface area contributed by atoms with Gasteiger partial charge in [-0.05, 0) is 5.56 Å². The van der Waals surface area contributed by atoms with E-state index in [4.69, 9.17) is 14.2 Å². The fraction of sp³-hybridized carbons (Fsp3) is 0.200. The lowest BCUT2D eigenvalue weighted by atomic mass is 10.2. The smallest absolute Gasteiger partial charge is 0.339 e. The molecule has 0 saturated heterocycles. The molecular formula is C15H15NO5. The Hall–Kier alpha value is -2.60. The van der Waals surface area contributed by atoms with Gasteiger partial charge >= 0.3 is 5.97 Å². The monoisotopic (exact) mass is 289 g/mol. The van der Waals surface area contributed by atoms with Gasteiger partial charge in [-0.2, -0.15) is 0 Å². The molecule has 0 atom stereocenters. The number of carboxylic acids is 1. The van der Waals surface area contributed by atoms with Crippen LogP contribution in [0.25, 0.3) is 0 Å². The molecule has 0 aliphatic heterocycles. The Morgan fingerprint density at radius 3 is 2.67 bits per heavy atom. The zero-order chi connectivity index (χ0) is 15.1. The van der Waals surface area contributed by atoms with E-state index in [-0.39, 0.29) is 24.0 Å². The minimum Gasteiger partial charge on any atom is -0.478 e. The summed E-state index contributed by atoms with van der Waals surface area (Å²) >= 11 is 0. The molecule has 2 aromatic rings. The largest absolute Gasteiger partial charge is 0.478 e. The van der Waals surface area contributed by atoms with Crippen LogP contribution in [0.1, 0.15) is 15.9 Å². The maximum Gasteiger partial charge on any atom is 0.339 e. The molecule has 2 rings (SSSR count). The number of hydrogen-bond acceptors (Lipinski definition) is 5. The van der Waals surface area contributed by atoms with Crippen LogP contribution in [-0.2, 0) is 11.3 Å². The second-order valence-electron chi connectivity index (χ2n) is 4.15. The highest BCUT2D eigenvalue weighted by atomic mass is 16.7. The highest BCUT2D eigenvalue weighted by molar-refractivity contribution is 5.91. The zero-order valence-electron chi connectivity index (χ0n) is 11.5. The average Bonchev–Trinajstić information content (AvgIpc) is 2.52. The summed E-state index contributed by atoms with van der Waals surface area (Å²) in [5.41, 5.74) is 0.945. The topological polar surface area (TPSA) is 77.9 Å². The van der Waals surface area contributed by atoms with Gasteiger partial charge in [0.2, 0.25) is 5.88 Å². The number of benzene rings is 1. The minimum absolute atomic E-state index is 0.0230. The SMILES string of the molecule is COCOc1cnc(OCc2ccccc2)cc1C(=O)O. The molecule has 0 aliphatic rings. The van der Waals surface area contributed by atoms with Crippen molar-refractivity contribution in [2.45, 2.75) is 6.61 Å². The minimum atomic E-state index is -1.12. The highest BCUT2D eigenvalue weighted by Crippen LogP contribution is 2.22. The van der Waals surface area contributed by atoms with Gasteiger partial charge in [0, 0.05) is 13.2 Å². The third kappa shape index (κ3) is 4.19. The molecule has 6 heteroatoms. The van der Waals surface area contributed by atoms with Crippen LogP contribution >= 0.6 is 0 Å². The van der Waals surface area contributed by atoms with Crippen molar-refractivity contribution in [3.63, 3.8) is 0 Å². The van der Waals surface area contributed by atoms with E-state index in [0.29, 0.717) is 6.61 Å². The lowest BCUT2D eigenvalue weighted by Crippen LogP contribution is -2.07. The number of aromatic carboxylic acids is 1. The molecule has 0 amide bonds. The number of nitrogens with zero attached hydrogens (tertiary/aromatic N) is 1. The Morgan fingerprint density at radius 2 is 2.00 bits per heavy atom. The molecule has 1 N–H and O–H groups in total. The molecular weight excluding hydrogens is 274 g/mol. The molecule has 0 radical (unpaired) electrons. The summed E-state index contributed by atoms with van der Waals surface area (Å²) in [7, 11) is 1.45. The van der Waals surface area contributed by atoms with E-state index in [2.05, 4.69) is 4.98 Å². The molecule has 0 fully saturated rings. The molecule has 110 valence electrons. The van der Waals surface area contributed by atoms with Crippen molar-refractivity contribution in [2.75, 3.05) is 13.9 Å². The molecule has 1 aromatic heterocycles. The van der Waals surface area contributed by atoms with Gasteiger partial charge in [0.15, 0.2) is 12.5 Å². The molecule has 6 nitrogen and oxygen atoms in total. The van der Waals surface area contributed by atoms with E-state index in [1.807, 2.05) is 30.3 Å². The first-order chi connectivity index (χ1) is 10.2. The van der Waals surface area contributed by atoms with Crippen LogP contribution in [-0.4, -0.2) is 30.0 Å². The maximum absolute atomic E-state index is 11.2. The van der Waals surface area contributed by atoms with Crippen LogP contribution in [0.3, 0.4) is 0 Å². The van der Waals surface area contributed by atoms with E-state index < -0.39 is 5.97 Å². The number of carbonyl (C=O) groups is 1. The number of ether oxygens (including phenoxy) is 3. The number of rotatable bonds is 7. The third-order valence-corrected chi connectivity index (χ3v) is 2.63. The summed E-state index contributed by atoms with van der Waals surface area (Å²) in [6.07, 6.45) is 1.31. The molecule has 1 heterocycles. The Morgan fingerprint density at radius 1 is 1.24 bits per heavy atom. The van der Waals surface area contributed by atoms with Gasteiger partial charge in [0.25, 0.3) is 0 Å². The summed E-state index contributed by atoms with van der Waals surface area (Å²) in [6, 6.07) is 10.9. The fourth-order valence-corrected chi connectivity index (χ4v) is 1.64. The van der Waals surface area contributed by atoms with Gasteiger partial charge < -0.3 is 19.3 Å². The van der Waals surface area contributed by atoms with Crippen LogP contribution in [0.2, 0.25) is 0 Å². The first-order valence-electron chi connectivity index (χ1n) is 6.22. The molecule has 1 aromatic carbocycles. The second-order valence-corrected chi connectivity index (χ2v) is 4.15. The standard InChI is InChI=1S/C15H15NO5/c1-19-10-21-13-8-16-14(7-12(13)15(17)18)20-9-11-5-3-2-4-6-11/h2-8H,9-10H2,1H3,(H,17,18). The molecule has 0 spiro atoms. The molecule has 0 unspecified atom stereocenters. The molecule has 0 aliphatic carbocycles. The maximum atomic E-state index is 11.2. The van der Waals surface area contributed by atoms with Crippen LogP contribution in [0.15, 0.2) is 42.6 Å². The Kier molecular flexibility index (Phi) is 5.11. The quantitative estimate of drug-likeness (QED) is 0.788. The predicted octanol–water partition coefficient (Wildman–Crippen LogP) is 2.34. The lowest BCUT2D eigenvalue weighted by molar-refractivity contribution is 0.0479. The van der Waals surface area contributed by atoms with Crippen molar-refractivity contribution in [1.29, 1.82) is 0 Å². The molecule has 0 bridgehead atoms. The zero-order valence-corrected chi connectivity index (χ0v) is 11.5. The van der Waals surface area contributed by atoms with E-state index >= 15 is 0 Å². The van der Waals surface area contributed by atoms with Crippen LogP contribution in [0.5, 0.6) is 11.6 Å². The van der Waals surface area contributed by atoms with E-state index in [0.717, 1.165) is 5.56 Å². The summed E-state index contributed by atoms with van der Waals surface area (Å²) < 4.78 is 15.4. The molecule has 0 saturated carbocycles. The Balaban J connectivity index is 2.10. The second kappa shape index (κ2) is 7.25. The third-order valence-electron chi connectivity index (χ3n) is 2.63. The summed E-state index contributed by atoms with van der Waals surface area (Å²) in [6.45, 7) is 0.261. The Labute approximate surface area is 121 Å². The first kappa shape index (κ1) is 14.8.